The molecule has 2 unspecified atom stereocenters. The molecule has 0 aromatic rings. The average Bonchev–Trinajstić information content (AvgIpc) is 2.85. The largest absolute Gasteiger partial charge is 0.481 e. The predicted molar refractivity (Wildman–Crippen MR) is 52.8 cm³/mol. The van der Waals surface area contributed by atoms with Crippen LogP contribution >= 0.6 is 0 Å². The molecule has 0 aliphatic heterocycles. The van der Waals surface area contributed by atoms with E-state index in [1.54, 1.807) is 6.92 Å². The minimum absolute atomic E-state index is 0.115. The van der Waals surface area contributed by atoms with Crippen molar-refractivity contribution in [2.24, 2.45) is 17.1 Å². The van der Waals surface area contributed by atoms with Gasteiger partial charge in [-0.25, -0.2) is 0 Å². The third-order valence-electron chi connectivity index (χ3n) is 2.91. The van der Waals surface area contributed by atoms with Gasteiger partial charge in [0.05, 0.1) is 11.5 Å². The van der Waals surface area contributed by atoms with Crippen molar-refractivity contribution in [3.8, 4) is 0 Å². The van der Waals surface area contributed by atoms with Crippen molar-refractivity contribution in [1.82, 2.24) is 0 Å². The second kappa shape index (κ2) is 4.28. The Balaban J connectivity index is 2.67. The van der Waals surface area contributed by atoms with Crippen LogP contribution in [0.4, 0.5) is 0 Å². The zero-order valence-electron chi connectivity index (χ0n) is 8.57. The van der Waals surface area contributed by atoms with Crippen molar-refractivity contribution in [2.45, 2.75) is 38.7 Å². The van der Waals surface area contributed by atoms with Gasteiger partial charge in [-0.3, -0.25) is 4.79 Å². The summed E-state index contributed by atoms with van der Waals surface area (Å²) in [5.41, 5.74) is 4.63. The van der Waals surface area contributed by atoms with Gasteiger partial charge in [-0.1, -0.05) is 12.8 Å². The number of rotatable bonds is 6. The molecule has 4 nitrogen and oxygen atoms in total. The van der Waals surface area contributed by atoms with Gasteiger partial charge in [-0.15, -0.1) is 0 Å². The number of carboxylic acid groups (broad SMARTS) is 1. The first-order valence-electron chi connectivity index (χ1n) is 5.12. The Morgan fingerprint density at radius 3 is 2.50 bits per heavy atom. The Morgan fingerprint density at radius 2 is 2.21 bits per heavy atom. The van der Waals surface area contributed by atoms with Gasteiger partial charge in [0.1, 0.15) is 0 Å². The Labute approximate surface area is 84.1 Å². The zero-order chi connectivity index (χ0) is 10.8. The normalized spacial score (nSPS) is 22.8. The van der Waals surface area contributed by atoms with E-state index in [0.717, 1.165) is 12.8 Å². The number of nitrogens with two attached hydrogens (primary N) is 1. The lowest BCUT2D eigenvalue weighted by Gasteiger charge is -2.29. The topological polar surface area (TPSA) is 83.5 Å². The van der Waals surface area contributed by atoms with Crippen molar-refractivity contribution in [1.29, 1.82) is 0 Å². The van der Waals surface area contributed by atoms with Crippen LogP contribution in [0.5, 0.6) is 0 Å². The molecule has 0 aromatic heterocycles. The summed E-state index contributed by atoms with van der Waals surface area (Å²) in [6.07, 6.45) is 2.48. The van der Waals surface area contributed by atoms with E-state index in [9.17, 15) is 9.90 Å². The van der Waals surface area contributed by atoms with E-state index in [-0.39, 0.29) is 13.0 Å². The van der Waals surface area contributed by atoms with Crippen LogP contribution in [-0.2, 0) is 4.79 Å². The molecule has 1 aliphatic rings. The van der Waals surface area contributed by atoms with E-state index in [1.807, 2.05) is 0 Å². The van der Waals surface area contributed by atoms with Crippen LogP contribution in [0.15, 0.2) is 0 Å². The molecule has 4 heteroatoms. The third-order valence-corrected chi connectivity index (χ3v) is 2.91. The highest BCUT2D eigenvalue weighted by Gasteiger charge is 2.42. The molecule has 0 amide bonds. The van der Waals surface area contributed by atoms with E-state index in [4.69, 9.17) is 10.8 Å². The van der Waals surface area contributed by atoms with Gasteiger partial charge >= 0.3 is 5.97 Å². The number of hydrogen-bond donors (Lipinski definition) is 3. The summed E-state index contributed by atoms with van der Waals surface area (Å²) in [4.78, 5) is 11.2. The van der Waals surface area contributed by atoms with Crippen molar-refractivity contribution in [2.75, 3.05) is 6.54 Å². The van der Waals surface area contributed by atoms with Gasteiger partial charge in [-0.2, -0.15) is 0 Å². The molecule has 1 saturated carbocycles. The Hall–Kier alpha value is -0.610. The number of aliphatic hydroxyl groups excluding tert-OH is 1. The first-order valence-corrected chi connectivity index (χ1v) is 5.12. The molecule has 1 fully saturated rings. The average molecular weight is 201 g/mol. The maximum atomic E-state index is 11.2. The van der Waals surface area contributed by atoms with Gasteiger partial charge < -0.3 is 15.9 Å². The van der Waals surface area contributed by atoms with E-state index in [1.165, 1.54) is 0 Å². The summed E-state index contributed by atoms with van der Waals surface area (Å²) in [6.45, 7) is 1.73. The highest BCUT2D eigenvalue weighted by molar-refractivity contribution is 5.75. The second-order valence-electron chi connectivity index (χ2n) is 4.49. The quantitative estimate of drug-likeness (QED) is 0.587. The number of carboxylic acids is 1. The smallest absolute Gasteiger partial charge is 0.311 e. The van der Waals surface area contributed by atoms with Crippen LogP contribution in [0, 0.1) is 11.3 Å². The first kappa shape index (κ1) is 11.5. The molecule has 0 spiro atoms. The Kier molecular flexibility index (Phi) is 3.50. The molecular formula is C10H19NO3. The standard InChI is InChI=1S/C10H19NO3/c1-7(12)4-10(6-11,9(13)14)5-8-2-3-8/h7-8,12H,2-6,11H2,1H3,(H,13,14). The minimum Gasteiger partial charge on any atom is -0.481 e. The van der Waals surface area contributed by atoms with Crippen LogP contribution in [-0.4, -0.2) is 28.8 Å². The molecule has 2 atom stereocenters. The van der Waals surface area contributed by atoms with Gasteiger partial charge in [0.2, 0.25) is 0 Å². The SMILES string of the molecule is CC(O)CC(CN)(CC1CC1)C(=O)O. The lowest BCUT2D eigenvalue weighted by molar-refractivity contribution is -0.151. The molecule has 82 valence electrons. The van der Waals surface area contributed by atoms with Crippen LogP contribution in [0.1, 0.15) is 32.6 Å². The lowest BCUT2D eigenvalue weighted by Crippen LogP contribution is -2.41. The summed E-state index contributed by atoms with van der Waals surface area (Å²) in [5, 5.41) is 18.4. The van der Waals surface area contributed by atoms with Crippen LogP contribution < -0.4 is 5.73 Å². The minimum atomic E-state index is -0.907. The highest BCUT2D eigenvalue weighted by atomic mass is 16.4. The maximum Gasteiger partial charge on any atom is 0.311 e. The number of aliphatic hydroxyl groups is 1. The molecule has 14 heavy (non-hydrogen) atoms. The van der Waals surface area contributed by atoms with E-state index >= 15 is 0 Å². The van der Waals surface area contributed by atoms with Crippen LogP contribution in [0.2, 0.25) is 0 Å². The third kappa shape index (κ3) is 2.69. The fourth-order valence-electron chi connectivity index (χ4n) is 1.95. The van der Waals surface area contributed by atoms with E-state index in [0.29, 0.717) is 12.3 Å². The van der Waals surface area contributed by atoms with Gasteiger partial charge in [-0.05, 0) is 25.7 Å². The van der Waals surface area contributed by atoms with E-state index in [2.05, 4.69) is 0 Å². The van der Waals surface area contributed by atoms with Gasteiger partial charge in [0.25, 0.3) is 0 Å². The molecule has 1 rings (SSSR count). The van der Waals surface area contributed by atoms with Crippen molar-refractivity contribution in [3.63, 3.8) is 0 Å². The summed E-state index contributed by atoms with van der Waals surface area (Å²) >= 11 is 0. The molecule has 0 radical (unpaired) electrons. The Bertz CT molecular complexity index is 207. The lowest BCUT2D eigenvalue weighted by atomic mass is 9.78. The van der Waals surface area contributed by atoms with Crippen LogP contribution in [0.3, 0.4) is 0 Å². The maximum absolute atomic E-state index is 11.2. The summed E-state index contributed by atoms with van der Waals surface area (Å²) in [5.74, 6) is -0.360. The zero-order valence-corrected chi connectivity index (χ0v) is 8.57. The molecule has 0 heterocycles. The molecule has 0 saturated heterocycles. The molecule has 1 aliphatic carbocycles. The van der Waals surface area contributed by atoms with Crippen LogP contribution in [0.25, 0.3) is 0 Å². The van der Waals surface area contributed by atoms with Gasteiger partial charge in [0.15, 0.2) is 0 Å². The summed E-state index contributed by atoms with van der Waals surface area (Å²) in [7, 11) is 0. The number of carbonyl (C=O) groups is 1. The van der Waals surface area contributed by atoms with E-state index < -0.39 is 17.5 Å². The highest BCUT2D eigenvalue weighted by Crippen LogP contribution is 2.42. The number of hydrogen-bond acceptors (Lipinski definition) is 3. The summed E-state index contributed by atoms with van der Waals surface area (Å²) in [6, 6.07) is 0. The van der Waals surface area contributed by atoms with Crippen molar-refractivity contribution < 1.29 is 15.0 Å². The molecule has 0 bridgehead atoms. The van der Waals surface area contributed by atoms with Crippen molar-refractivity contribution >= 4 is 5.97 Å². The van der Waals surface area contributed by atoms with Crippen molar-refractivity contribution in [3.05, 3.63) is 0 Å². The monoisotopic (exact) mass is 201 g/mol. The Morgan fingerprint density at radius 1 is 1.64 bits per heavy atom. The molecular weight excluding hydrogens is 182 g/mol. The fraction of sp³-hybridized carbons (Fsp3) is 0.900. The first-order chi connectivity index (χ1) is 6.50. The number of aliphatic carboxylic acids is 1. The molecule has 0 aromatic carbocycles. The fourth-order valence-corrected chi connectivity index (χ4v) is 1.95. The molecule has 4 N–H and O–H groups in total. The predicted octanol–water partition coefficient (Wildman–Crippen LogP) is 0.587. The van der Waals surface area contributed by atoms with Gasteiger partial charge in [0, 0.05) is 6.54 Å². The second-order valence-corrected chi connectivity index (χ2v) is 4.49. The summed E-state index contributed by atoms with van der Waals surface area (Å²) < 4.78 is 0.